The number of hydrogen-bond donors (Lipinski definition) is 5. The number of carbonyl (C=O) groups is 1. The van der Waals surface area contributed by atoms with Gasteiger partial charge in [0.2, 0.25) is 0 Å². The van der Waals surface area contributed by atoms with Gasteiger partial charge in [-0.25, -0.2) is 0 Å². The maximum Gasteiger partial charge on any atom is 0.311 e. The average Bonchev–Trinajstić information content (AvgIpc) is 3.08. The maximum atomic E-state index is 14.2. The molecule has 3 fully saturated rings. The lowest BCUT2D eigenvalue weighted by molar-refractivity contribution is -0.317. The summed E-state index contributed by atoms with van der Waals surface area (Å²) < 4.78 is 37.4. The van der Waals surface area contributed by atoms with E-state index in [1.54, 1.807) is 48.5 Å². The van der Waals surface area contributed by atoms with Gasteiger partial charge >= 0.3 is 5.97 Å². The first-order valence-electron chi connectivity index (χ1n) is 19.1. The number of hydrogen-bond acceptors (Lipinski definition) is 15. The molecule has 0 aromatic heterocycles. The van der Waals surface area contributed by atoms with Crippen LogP contribution in [-0.4, -0.2) is 155 Å². The van der Waals surface area contributed by atoms with Crippen molar-refractivity contribution >= 4 is 11.7 Å². The Morgan fingerprint density at radius 3 is 2.08 bits per heavy atom. The molecule has 3 rings (SSSR count). The second kappa shape index (κ2) is 18.2. The van der Waals surface area contributed by atoms with E-state index in [0.29, 0.717) is 12.1 Å². The molecule has 15 heteroatoms. The van der Waals surface area contributed by atoms with Crippen molar-refractivity contribution in [3.63, 3.8) is 0 Å². The van der Waals surface area contributed by atoms with Crippen molar-refractivity contribution in [2.75, 3.05) is 28.3 Å². The van der Waals surface area contributed by atoms with E-state index in [-0.39, 0.29) is 31.4 Å². The van der Waals surface area contributed by atoms with Crippen molar-refractivity contribution in [2.45, 2.75) is 179 Å². The highest BCUT2D eigenvalue weighted by molar-refractivity contribution is 5.88. The monoisotopic (exact) mass is 762 g/mol. The van der Waals surface area contributed by atoms with Gasteiger partial charge in [-0.05, 0) is 74.9 Å². The number of likely N-dealkylation sites (N-methyl/N-ethyl adjacent to an activating group) is 1. The molecular formula is C38H70N2O13. The van der Waals surface area contributed by atoms with Crippen LogP contribution in [0.1, 0.15) is 94.9 Å². The fraction of sp³-hybridized carbons (Fsp3) is 0.947. The van der Waals surface area contributed by atoms with E-state index in [9.17, 15) is 30.3 Å². The first-order chi connectivity index (χ1) is 24.5. The molecule has 0 bridgehead atoms. The lowest BCUT2D eigenvalue weighted by atomic mass is 9.73. The maximum absolute atomic E-state index is 14.2. The Morgan fingerprint density at radius 1 is 0.906 bits per heavy atom. The summed E-state index contributed by atoms with van der Waals surface area (Å²) in [5.41, 5.74) is -4.30. The fourth-order valence-corrected chi connectivity index (χ4v) is 8.70. The number of esters is 1. The van der Waals surface area contributed by atoms with Gasteiger partial charge in [0.05, 0.1) is 53.4 Å². The minimum absolute atomic E-state index is 0.0204. The number of ether oxygens (including phenoxy) is 6. The summed E-state index contributed by atoms with van der Waals surface area (Å²) in [5, 5.41) is 62.8. The van der Waals surface area contributed by atoms with Crippen LogP contribution in [0.25, 0.3) is 0 Å². The second-order valence-corrected chi connectivity index (χ2v) is 16.8. The number of methoxy groups -OCH3 is 1. The van der Waals surface area contributed by atoms with Crippen molar-refractivity contribution in [1.82, 2.24) is 4.90 Å². The van der Waals surface area contributed by atoms with Gasteiger partial charge in [0, 0.05) is 37.3 Å². The zero-order valence-corrected chi connectivity index (χ0v) is 34.4. The molecule has 0 radical (unpaired) electrons. The molecule has 0 amide bonds. The van der Waals surface area contributed by atoms with Gasteiger partial charge in [0.25, 0.3) is 0 Å². The number of aliphatic hydroxyl groups excluding tert-OH is 3. The van der Waals surface area contributed by atoms with Crippen LogP contribution in [0, 0.1) is 23.7 Å². The molecule has 15 nitrogen and oxygen atoms in total. The van der Waals surface area contributed by atoms with Crippen molar-refractivity contribution in [3.05, 3.63) is 0 Å². The lowest BCUT2D eigenvalue weighted by Crippen LogP contribution is -2.61. The number of oxime groups is 1. The van der Waals surface area contributed by atoms with Crippen molar-refractivity contribution < 1.29 is 63.6 Å². The Labute approximate surface area is 316 Å². The van der Waals surface area contributed by atoms with Gasteiger partial charge in [0.1, 0.15) is 31.0 Å². The third-order valence-electron chi connectivity index (χ3n) is 12.1. The summed E-state index contributed by atoms with van der Waals surface area (Å²) in [6, 6.07) is -0.306. The summed E-state index contributed by atoms with van der Waals surface area (Å²) in [6.07, 6.45) is -9.08. The van der Waals surface area contributed by atoms with Crippen LogP contribution >= 0.6 is 0 Å². The van der Waals surface area contributed by atoms with E-state index in [1.165, 1.54) is 21.1 Å². The van der Waals surface area contributed by atoms with E-state index in [4.69, 9.17) is 33.3 Å². The highest BCUT2D eigenvalue weighted by Crippen LogP contribution is 2.41. The molecule has 0 aliphatic carbocycles. The molecule has 0 aromatic carbocycles. The minimum Gasteiger partial charge on any atom is -0.459 e. The molecule has 3 unspecified atom stereocenters. The normalized spacial score (nSPS) is 49.0. The number of nitrogens with zero attached hydrogens (tertiary/aromatic N) is 2. The Balaban J connectivity index is 2.23. The predicted octanol–water partition coefficient (Wildman–Crippen LogP) is 2.22. The van der Waals surface area contributed by atoms with Crippen LogP contribution in [-0.2, 0) is 38.1 Å². The first kappa shape index (κ1) is 45.9. The van der Waals surface area contributed by atoms with E-state index in [1.807, 2.05) is 32.8 Å². The topological polar surface area (TPSA) is 198 Å². The lowest BCUT2D eigenvalue weighted by Gasteiger charge is -2.49. The minimum atomic E-state index is -1.91. The van der Waals surface area contributed by atoms with E-state index in [0.717, 1.165) is 0 Å². The van der Waals surface area contributed by atoms with Crippen molar-refractivity contribution in [3.8, 4) is 0 Å². The van der Waals surface area contributed by atoms with Gasteiger partial charge in [0.15, 0.2) is 12.6 Å². The van der Waals surface area contributed by atoms with Crippen molar-refractivity contribution in [1.29, 1.82) is 0 Å². The van der Waals surface area contributed by atoms with Crippen molar-refractivity contribution in [2.24, 2.45) is 28.8 Å². The van der Waals surface area contributed by atoms with Gasteiger partial charge in [-0.3, -0.25) is 4.79 Å². The summed E-state index contributed by atoms with van der Waals surface area (Å²) >= 11 is 0. The predicted molar refractivity (Wildman–Crippen MR) is 196 cm³/mol. The molecule has 310 valence electrons. The largest absolute Gasteiger partial charge is 0.459 e. The molecular weight excluding hydrogens is 692 g/mol. The smallest absolute Gasteiger partial charge is 0.311 e. The third-order valence-corrected chi connectivity index (χ3v) is 12.1. The van der Waals surface area contributed by atoms with Crippen LogP contribution in [0.3, 0.4) is 0 Å². The highest BCUT2D eigenvalue weighted by Gasteiger charge is 2.53. The molecule has 3 saturated heterocycles. The molecule has 53 heavy (non-hydrogen) atoms. The molecule has 3 heterocycles. The Hall–Kier alpha value is -1.50. The summed E-state index contributed by atoms with van der Waals surface area (Å²) in [5.74, 6) is -3.90. The SMILES string of the molecule is CC[C@H]1OC(=O)[C@H](C)[C@@H](O[C@H]2C[C@](C)(OC)[C@@H](O)C(C)O2)[C@H](C)[C@@H](O[C@@H]2OC(C)C[C@@H](N(C)C)C2O)[C@](C)(O)C[C@@H](C)/C(=N/OC)[C@H](C)[C@@H](O)[C@]1(C)O. The highest BCUT2D eigenvalue weighted by atomic mass is 16.7. The van der Waals surface area contributed by atoms with Crippen LogP contribution in [0.4, 0.5) is 0 Å². The molecule has 0 saturated carbocycles. The number of cyclic esters (lactones) is 1. The number of aliphatic hydroxyl groups is 5. The van der Waals surface area contributed by atoms with Crippen LogP contribution in [0.15, 0.2) is 5.16 Å². The summed E-state index contributed by atoms with van der Waals surface area (Å²) in [4.78, 5) is 21.3. The first-order valence-corrected chi connectivity index (χ1v) is 19.1. The molecule has 0 aromatic rings. The van der Waals surface area contributed by atoms with Gasteiger partial charge in [-0.2, -0.15) is 0 Å². The number of rotatable bonds is 8. The molecule has 3 aliphatic heterocycles. The Morgan fingerprint density at radius 2 is 1.53 bits per heavy atom. The molecule has 3 aliphatic rings. The zero-order valence-electron chi connectivity index (χ0n) is 34.4. The molecule has 5 N–H and O–H groups in total. The summed E-state index contributed by atoms with van der Waals surface area (Å²) in [7, 11) is 6.60. The molecule has 18 atom stereocenters. The molecule has 0 spiro atoms. The Bertz CT molecular complexity index is 1220. The second-order valence-electron chi connectivity index (χ2n) is 16.8. The van der Waals surface area contributed by atoms with E-state index in [2.05, 4.69) is 5.16 Å². The number of carbonyl (C=O) groups excluding carboxylic acids is 1. The Kier molecular flexibility index (Phi) is 15.7. The average molecular weight is 763 g/mol. The van der Waals surface area contributed by atoms with Crippen LogP contribution < -0.4 is 0 Å². The van der Waals surface area contributed by atoms with Crippen LogP contribution in [0.5, 0.6) is 0 Å². The van der Waals surface area contributed by atoms with Gasteiger partial charge < -0.3 is 63.7 Å². The third kappa shape index (κ3) is 10.1. The summed E-state index contributed by atoms with van der Waals surface area (Å²) in [6.45, 7) is 17.0. The quantitative estimate of drug-likeness (QED) is 0.178. The van der Waals surface area contributed by atoms with Gasteiger partial charge in [-0.15, -0.1) is 0 Å². The van der Waals surface area contributed by atoms with E-state index < -0.39 is 102 Å². The zero-order chi connectivity index (χ0) is 40.4. The standard InChI is InChI=1S/C38H70N2O13/c1-15-26-38(10,46)31(42)21(4)28(39-48-14)19(2)17-36(8,45)33(53-35-29(41)25(40(11)12)16-20(3)49-35)22(5)30(23(6)34(44)51-26)52-27-18-37(9,47-13)32(43)24(7)50-27/h19-27,29-33,35,41-43,45-46H,15-18H2,1-14H3/b39-28-/t19-,20?,21+,22+,23-,24?,25-,26-,27+,29?,30+,31-,32+,33-,35+,36-,37+,38-/m1/s1. The van der Waals surface area contributed by atoms with E-state index >= 15 is 0 Å². The van der Waals surface area contributed by atoms with Crippen LogP contribution in [0.2, 0.25) is 0 Å². The van der Waals surface area contributed by atoms with Gasteiger partial charge in [-0.1, -0.05) is 32.9 Å². The fourth-order valence-electron chi connectivity index (χ4n) is 8.70.